The summed E-state index contributed by atoms with van der Waals surface area (Å²) < 4.78 is 25.8. The molecule has 0 heterocycles. The van der Waals surface area contributed by atoms with Gasteiger partial charge in [0, 0.05) is 13.2 Å². The van der Waals surface area contributed by atoms with Crippen molar-refractivity contribution in [1.82, 2.24) is 10.0 Å². The fourth-order valence-electron chi connectivity index (χ4n) is 1.37. The van der Waals surface area contributed by atoms with Gasteiger partial charge in [-0.15, -0.1) is 0 Å². The maximum Gasteiger partial charge on any atom is 0.241 e. The Kier molecular flexibility index (Phi) is 6.48. The molecule has 19 heavy (non-hydrogen) atoms. The quantitative estimate of drug-likeness (QED) is 0.579. The topological polar surface area (TPSA) is 95.5 Å². The van der Waals surface area contributed by atoms with Gasteiger partial charge in [0.25, 0.3) is 0 Å². The average molecular weight is 286 g/mol. The number of hydrogen-bond donors (Lipinski definition) is 3. The Hall–Kier alpha value is -1.44. The van der Waals surface area contributed by atoms with E-state index in [2.05, 4.69) is 10.0 Å². The first-order valence-corrected chi connectivity index (χ1v) is 7.47. The van der Waals surface area contributed by atoms with E-state index in [4.69, 9.17) is 5.11 Å². The van der Waals surface area contributed by atoms with Gasteiger partial charge in [0.15, 0.2) is 0 Å². The molecule has 1 aromatic carbocycles. The predicted molar refractivity (Wildman–Crippen MR) is 71.0 cm³/mol. The van der Waals surface area contributed by atoms with Crippen LogP contribution in [0.3, 0.4) is 0 Å². The Morgan fingerprint density at radius 3 is 2.47 bits per heavy atom. The Morgan fingerprint density at radius 1 is 1.16 bits per heavy atom. The second-order valence-electron chi connectivity index (χ2n) is 3.92. The van der Waals surface area contributed by atoms with Crippen molar-refractivity contribution in [1.29, 1.82) is 0 Å². The third kappa shape index (κ3) is 5.82. The Labute approximate surface area is 112 Å². The van der Waals surface area contributed by atoms with Crippen LogP contribution in [-0.2, 0) is 14.8 Å². The van der Waals surface area contributed by atoms with Crippen LogP contribution in [0.2, 0.25) is 0 Å². The van der Waals surface area contributed by atoms with Crippen molar-refractivity contribution < 1.29 is 18.3 Å². The van der Waals surface area contributed by atoms with E-state index in [0.29, 0.717) is 19.4 Å². The lowest BCUT2D eigenvalue weighted by Gasteiger charge is -2.07. The Morgan fingerprint density at radius 2 is 1.84 bits per heavy atom. The van der Waals surface area contributed by atoms with E-state index in [0.717, 1.165) is 0 Å². The standard InChI is InChI=1S/C12H18N2O4S/c15-9-5-4-8-13-12(16)10-14-19(17,18)11-6-2-1-3-7-11/h1-3,6-7,14-15H,4-5,8-10H2,(H,13,16). The molecule has 0 atom stereocenters. The number of sulfonamides is 1. The normalized spacial score (nSPS) is 11.2. The maximum absolute atomic E-state index is 11.8. The summed E-state index contributed by atoms with van der Waals surface area (Å²) in [6, 6.07) is 7.86. The zero-order valence-corrected chi connectivity index (χ0v) is 11.3. The number of rotatable bonds is 8. The second kappa shape index (κ2) is 7.88. The number of unbranched alkanes of at least 4 members (excludes halogenated alkanes) is 1. The van der Waals surface area contributed by atoms with Gasteiger partial charge in [0.1, 0.15) is 0 Å². The highest BCUT2D eigenvalue weighted by atomic mass is 32.2. The van der Waals surface area contributed by atoms with Crippen molar-refractivity contribution >= 4 is 15.9 Å². The van der Waals surface area contributed by atoms with Crippen molar-refractivity contribution in [2.45, 2.75) is 17.7 Å². The van der Waals surface area contributed by atoms with E-state index in [9.17, 15) is 13.2 Å². The molecule has 0 unspecified atom stereocenters. The first-order chi connectivity index (χ1) is 9.06. The minimum absolute atomic E-state index is 0.0799. The van der Waals surface area contributed by atoms with Gasteiger partial charge < -0.3 is 10.4 Å². The molecule has 106 valence electrons. The smallest absolute Gasteiger partial charge is 0.241 e. The summed E-state index contributed by atoms with van der Waals surface area (Å²) in [6.07, 6.45) is 1.27. The lowest BCUT2D eigenvalue weighted by molar-refractivity contribution is -0.119. The highest BCUT2D eigenvalue weighted by molar-refractivity contribution is 7.89. The van der Waals surface area contributed by atoms with Gasteiger partial charge in [0.05, 0.1) is 11.4 Å². The molecular formula is C12H18N2O4S. The molecule has 0 bridgehead atoms. The molecular weight excluding hydrogens is 268 g/mol. The van der Waals surface area contributed by atoms with Crippen molar-refractivity contribution in [2.24, 2.45) is 0 Å². The van der Waals surface area contributed by atoms with Crippen LogP contribution < -0.4 is 10.0 Å². The van der Waals surface area contributed by atoms with Crippen molar-refractivity contribution in [3.8, 4) is 0 Å². The number of carbonyl (C=O) groups excluding carboxylic acids is 1. The molecule has 6 nitrogen and oxygen atoms in total. The van der Waals surface area contributed by atoms with Crippen LogP contribution in [0, 0.1) is 0 Å². The molecule has 1 amide bonds. The van der Waals surface area contributed by atoms with E-state index in [1.54, 1.807) is 18.2 Å². The number of aliphatic hydroxyl groups excluding tert-OH is 1. The minimum atomic E-state index is -3.64. The average Bonchev–Trinajstić information content (AvgIpc) is 2.42. The molecule has 0 radical (unpaired) electrons. The third-order valence-corrected chi connectivity index (χ3v) is 3.80. The number of carbonyl (C=O) groups is 1. The van der Waals surface area contributed by atoms with Gasteiger partial charge in [0.2, 0.25) is 15.9 Å². The number of nitrogens with one attached hydrogen (secondary N) is 2. The van der Waals surface area contributed by atoms with Gasteiger partial charge in [-0.1, -0.05) is 18.2 Å². The van der Waals surface area contributed by atoms with Crippen LogP contribution in [0.5, 0.6) is 0 Å². The Bertz CT molecular complexity index is 488. The van der Waals surface area contributed by atoms with E-state index in [1.807, 2.05) is 0 Å². The zero-order valence-electron chi connectivity index (χ0n) is 10.5. The van der Waals surface area contributed by atoms with Crippen molar-refractivity contribution in [3.05, 3.63) is 30.3 Å². The number of aliphatic hydroxyl groups is 1. The molecule has 0 aliphatic heterocycles. The summed E-state index contributed by atoms with van der Waals surface area (Å²) in [4.78, 5) is 11.5. The monoisotopic (exact) mass is 286 g/mol. The summed E-state index contributed by atoms with van der Waals surface area (Å²) in [6.45, 7) is 0.208. The summed E-state index contributed by atoms with van der Waals surface area (Å²) in [5, 5.41) is 11.1. The lowest BCUT2D eigenvalue weighted by Crippen LogP contribution is -2.37. The molecule has 0 aromatic heterocycles. The molecule has 0 saturated carbocycles. The zero-order chi connectivity index (χ0) is 14.1. The number of benzene rings is 1. The summed E-state index contributed by atoms with van der Waals surface area (Å²) >= 11 is 0. The van der Waals surface area contributed by atoms with Gasteiger partial charge in [-0.3, -0.25) is 4.79 Å². The summed E-state index contributed by atoms with van der Waals surface area (Å²) in [5.41, 5.74) is 0. The predicted octanol–water partition coefficient (Wildman–Crippen LogP) is -0.146. The molecule has 0 aliphatic rings. The third-order valence-electron chi connectivity index (χ3n) is 2.38. The van der Waals surface area contributed by atoms with Crippen LogP contribution >= 0.6 is 0 Å². The second-order valence-corrected chi connectivity index (χ2v) is 5.69. The van der Waals surface area contributed by atoms with Crippen LogP contribution in [0.4, 0.5) is 0 Å². The molecule has 3 N–H and O–H groups in total. The van der Waals surface area contributed by atoms with Crippen LogP contribution in [-0.4, -0.2) is 39.1 Å². The van der Waals surface area contributed by atoms with Gasteiger partial charge in [-0.25, -0.2) is 13.1 Å². The molecule has 1 aromatic rings. The number of amides is 1. The minimum Gasteiger partial charge on any atom is -0.396 e. The molecule has 0 aliphatic carbocycles. The fourth-order valence-corrected chi connectivity index (χ4v) is 2.37. The molecule has 0 saturated heterocycles. The largest absolute Gasteiger partial charge is 0.396 e. The SMILES string of the molecule is O=C(CNS(=O)(=O)c1ccccc1)NCCCCO. The van der Waals surface area contributed by atoms with Crippen molar-refractivity contribution in [2.75, 3.05) is 19.7 Å². The van der Waals surface area contributed by atoms with E-state index in [-0.39, 0.29) is 18.0 Å². The van der Waals surface area contributed by atoms with Gasteiger partial charge >= 0.3 is 0 Å². The fraction of sp³-hybridized carbons (Fsp3) is 0.417. The van der Waals surface area contributed by atoms with Crippen LogP contribution in [0.25, 0.3) is 0 Å². The first-order valence-electron chi connectivity index (χ1n) is 5.98. The highest BCUT2D eigenvalue weighted by Crippen LogP contribution is 2.06. The number of hydrogen-bond acceptors (Lipinski definition) is 4. The molecule has 0 spiro atoms. The van der Waals surface area contributed by atoms with Crippen LogP contribution in [0.15, 0.2) is 35.2 Å². The van der Waals surface area contributed by atoms with Crippen LogP contribution in [0.1, 0.15) is 12.8 Å². The van der Waals surface area contributed by atoms with E-state index >= 15 is 0 Å². The molecule has 0 fully saturated rings. The first kappa shape index (κ1) is 15.6. The van der Waals surface area contributed by atoms with Gasteiger partial charge in [-0.05, 0) is 25.0 Å². The summed E-state index contributed by atoms with van der Waals surface area (Å²) in [7, 11) is -3.64. The lowest BCUT2D eigenvalue weighted by atomic mass is 10.3. The molecule has 7 heteroatoms. The maximum atomic E-state index is 11.8. The molecule has 1 rings (SSSR count). The highest BCUT2D eigenvalue weighted by Gasteiger charge is 2.14. The van der Waals surface area contributed by atoms with E-state index < -0.39 is 15.9 Å². The van der Waals surface area contributed by atoms with Crippen molar-refractivity contribution in [3.63, 3.8) is 0 Å². The summed E-state index contributed by atoms with van der Waals surface area (Å²) in [5.74, 6) is -0.391. The Balaban J connectivity index is 2.37. The van der Waals surface area contributed by atoms with E-state index in [1.165, 1.54) is 12.1 Å². The van der Waals surface area contributed by atoms with Gasteiger partial charge in [-0.2, -0.15) is 0 Å².